The van der Waals surface area contributed by atoms with Gasteiger partial charge in [0.1, 0.15) is 5.75 Å². The summed E-state index contributed by atoms with van der Waals surface area (Å²) in [5.41, 5.74) is 1.37. The monoisotopic (exact) mass is 355 g/mol. The van der Waals surface area contributed by atoms with Crippen molar-refractivity contribution in [1.29, 1.82) is 0 Å². The highest BCUT2D eigenvalue weighted by Gasteiger charge is 2.18. The molecule has 5 heteroatoms. The standard InChI is InChI=1S/C21H25NO4/c1-3-4-14-25-19-12-10-18(11-13-19)21(24)26-16(2)20(23)22-15-17-8-6-5-7-9-17/h5-13,16H,3-4,14-15H2,1-2H3,(H,22,23)/t16-/m1/s1. The molecule has 1 N–H and O–H groups in total. The van der Waals surface area contributed by atoms with Crippen LogP contribution in [0.25, 0.3) is 0 Å². The molecule has 0 saturated carbocycles. The van der Waals surface area contributed by atoms with Gasteiger partial charge >= 0.3 is 5.97 Å². The first-order valence-electron chi connectivity index (χ1n) is 8.85. The minimum absolute atomic E-state index is 0.332. The molecule has 26 heavy (non-hydrogen) atoms. The molecule has 0 aromatic heterocycles. The van der Waals surface area contributed by atoms with Gasteiger partial charge in [0, 0.05) is 6.54 Å². The summed E-state index contributed by atoms with van der Waals surface area (Å²) in [5, 5.41) is 2.76. The molecule has 2 aromatic carbocycles. The lowest BCUT2D eigenvalue weighted by Gasteiger charge is -2.14. The zero-order chi connectivity index (χ0) is 18.8. The van der Waals surface area contributed by atoms with Crippen molar-refractivity contribution in [1.82, 2.24) is 5.32 Å². The van der Waals surface area contributed by atoms with Crippen molar-refractivity contribution in [2.75, 3.05) is 6.61 Å². The number of amides is 1. The maximum atomic E-state index is 12.2. The van der Waals surface area contributed by atoms with Crippen LogP contribution in [0.2, 0.25) is 0 Å². The summed E-state index contributed by atoms with van der Waals surface area (Å²) in [5.74, 6) is -0.155. The highest BCUT2D eigenvalue weighted by Crippen LogP contribution is 2.14. The van der Waals surface area contributed by atoms with E-state index in [1.807, 2.05) is 30.3 Å². The molecule has 0 unspecified atom stereocenters. The Morgan fingerprint density at radius 2 is 1.73 bits per heavy atom. The summed E-state index contributed by atoms with van der Waals surface area (Å²) in [7, 11) is 0. The Morgan fingerprint density at radius 1 is 1.04 bits per heavy atom. The van der Waals surface area contributed by atoms with E-state index in [1.165, 1.54) is 0 Å². The van der Waals surface area contributed by atoms with Gasteiger partial charge in [-0.05, 0) is 43.2 Å². The fourth-order valence-corrected chi connectivity index (χ4v) is 2.23. The second-order valence-electron chi connectivity index (χ2n) is 5.98. The lowest BCUT2D eigenvalue weighted by Crippen LogP contribution is -2.35. The van der Waals surface area contributed by atoms with Gasteiger partial charge in [-0.15, -0.1) is 0 Å². The van der Waals surface area contributed by atoms with Crippen molar-refractivity contribution in [3.8, 4) is 5.75 Å². The molecule has 0 fully saturated rings. The van der Waals surface area contributed by atoms with Crippen molar-refractivity contribution < 1.29 is 19.1 Å². The van der Waals surface area contributed by atoms with Gasteiger partial charge in [-0.2, -0.15) is 0 Å². The van der Waals surface area contributed by atoms with E-state index in [2.05, 4.69) is 12.2 Å². The van der Waals surface area contributed by atoms with Crippen molar-refractivity contribution in [2.45, 2.75) is 39.3 Å². The van der Waals surface area contributed by atoms with Crippen molar-refractivity contribution >= 4 is 11.9 Å². The minimum atomic E-state index is -0.869. The Labute approximate surface area is 154 Å². The Balaban J connectivity index is 1.81. The van der Waals surface area contributed by atoms with Crippen LogP contribution < -0.4 is 10.1 Å². The highest BCUT2D eigenvalue weighted by molar-refractivity contribution is 5.92. The Bertz CT molecular complexity index is 698. The van der Waals surface area contributed by atoms with E-state index >= 15 is 0 Å². The summed E-state index contributed by atoms with van der Waals surface area (Å²) >= 11 is 0. The van der Waals surface area contributed by atoms with Gasteiger partial charge in [0.05, 0.1) is 12.2 Å². The zero-order valence-electron chi connectivity index (χ0n) is 15.2. The maximum Gasteiger partial charge on any atom is 0.338 e. The minimum Gasteiger partial charge on any atom is -0.494 e. The van der Waals surface area contributed by atoms with Crippen LogP contribution in [-0.2, 0) is 16.1 Å². The Hall–Kier alpha value is -2.82. The summed E-state index contributed by atoms with van der Waals surface area (Å²) in [4.78, 5) is 24.2. The van der Waals surface area contributed by atoms with Crippen LogP contribution in [0.4, 0.5) is 0 Å². The van der Waals surface area contributed by atoms with E-state index in [-0.39, 0.29) is 5.91 Å². The maximum absolute atomic E-state index is 12.2. The van der Waals surface area contributed by atoms with Crippen LogP contribution in [0.1, 0.15) is 42.6 Å². The predicted octanol–water partition coefficient (Wildman–Crippen LogP) is 3.73. The van der Waals surface area contributed by atoms with E-state index in [0.717, 1.165) is 18.4 Å². The lowest BCUT2D eigenvalue weighted by molar-refractivity contribution is -0.129. The Kier molecular flexibility index (Phi) is 7.68. The van der Waals surface area contributed by atoms with E-state index in [0.29, 0.717) is 24.5 Å². The molecule has 138 valence electrons. The molecule has 1 atom stereocenters. The SMILES string of the molecule is CCCCOc1ccc(C(=O)O[C@H](C)C(=O)NCc2ccccc2)cc1. The highest BCUT2D eigenvalue weighted by atomic mass is 16.5. The molecule has 0 spiro atoms. The average Bonchev–Trinajstić information content (AvgIpc) is 2.67. The predicted molar refractivity (Wildman–Crippen MR) is 100 cm³/mol. The number of unbranched alkanes of at least 4 members (excludes halogenated alkanes) is 1. The van der Waals surface area contributed by atoms with Gasteiger partial charge < -0.3 is 14.8 Å². The van der Waals surface area contributed by atoms with Gasteiger partial charge in [-0.1, -0.05) is 43.7 Å². The third kappa shape index (κ3) is 6.24. The molecule has 0 bridgehead atoms. The quantitative estimate of drug-likeness (QED) is 0.550. The summed E-state index contributed by atoms with van der Waals surface area (Å²) in [6.07, 6.45) is 1.18. The molecule has 0 aliphatic heterocycles. The van der Waals surface area contributed by atoms with Crippen molar-refractivity contribution in [2.24, 2.45) is 0 Å². The number of ether oxygens (including phenoxy) is 2. The summed E-state index contributed by atoms with van der Waals surface area (Å²) < 4.78 is 10.8. The molecular formula is C21H25NO4. The van der Waals surface area contributed by atoms with Crippen molar-refractivity contribution in [3.05, 3.63) is 65.7 Å². The summed E-state index contributed by atoms with van der Waals surface area (Å²) in [6.45, 7) is 4.70. The summed E-state index contributed by atoms with van der Waals surface area (Å²) in [6, 6.07) is 16.3. The first-order chi connectivity index (χ1) is 12.6. The first-order valence-corrected chi connectivity index (χ1v) is 8.85. The van der Waals surface area contributed by atoms with Gasteiger partial charge in [-0.3, -0.25) is 4.79 Å². The lowest BCUT2D eigenvalue weighted by atomic mass is 10.2. The number of carbonyl (C=O) groups is 2. The molecule has 0 heterocycles. The fraction of sp³-hybridized carbons (Fsp3) is 0.333. The molecule has 0 saturated heterocycles. The van der Waals surface area contributed by atoms with Gasteiger partial charge in [-0.25, -0.2) is 4.79 Å². The molecule has 0 aliphatic rings. The second-order valence-corrected chi connectivity index (χ2v) is 5.98. The van der Waals surface area contributed by atoms with E-state index in [4.69, 9.17) is 9.47 Å². The van der Waals surface area contributed by atoms with Gasteiger partial charge in [0.2, 0.25) is 0 Å². The molecule has 2 aromatic rings. The second kappa shape index (κ2) is 10.2. The first kappa shape index (κ1) is 19.5. The van der Waals surface area contributed by atoms with Crippen LogP contribution in [-0.4, -0.2) is 24.6 Å². The van der Waals surface area contributed by atoms with Gasteiger partial charge in [0.25, 0.3) is 5.91 Å². The number of hydrogen-bond acceptors (Lipinski definition) is 4. The molecule has 5 nitrogen and oxygen atoms in total. The number of benzene rings is 2. The topological polar surface area (TPSA) is 64.6 Å². The van der Waals surface area contributed by atoms with Crippen molar-refractivity contribution in [3.63, 3.8) is 0 Å². The van der Waals surface area contributed by atoms with E-state index in [9.17, 15) is 9.59 Å². The third-order valence-corrected chi connectivity index (χ3v) is 3.82. The van der Waals surface area contributed by atoms with Crippen LogP contribution in [0, 0.1) is 0 Å². The van der Waals surface area contributed by atoms with Gasteiger partial charge in [0.15, 0.2) is 6.10 Å². The molecule has 2 rings (SSSR count). The molecular weight excluding hydrogens is 330 g/mol. The molecule has 0 radical (unpaired) electrons. The largest absolute Gasteiger partial charge is 0.494 e. The fourth-order valence-electron chi connectivity index (χ4n) is 2.23. The van der Waals surface area contributed by atoms with Crippen LogP contribution >= 0.6 is 0 Å². The normalized spacial score (nSPS) is 11.5. The van der Waals surface area contributed by atoms with E-state index in [1.54, 1.807) is 31.2 Å². The number of rotatable bonds is 9. The number of esters is 1. The number of nitrogens with one attached hydrogen (secondary N) is 1. The average molecular weight is 355 g/mol. The third-order valence-electron chi connectivity index (χ3n) is 3.82. The van der Waals surface area contributed by atoms with Crippen LogP contribution in [0.3, 0.4) is 0 Å². The molecule has 0 aliphatic carbocycles. The Morgan fingerprint density at radius 3 is 2.38 bits per heavy atom. The number of hydrogen-bond donors (Lipinski definition) is 1. The zero-order valence-corrected chi connectivity index (χ0v) is 15.2. The smallest absolute Gasteiger partial charge is 0.338 e. The van der Waals surface area contributed by atoms with Crippen LogP contribution in [0.15, 0.2) is 54.6 Å². The number of carbonyl (C=O) groups excluding carboxylic acids is 2. The van der Waals surface area contributed by atoms with Crippen LogP contribution in [0.5, 0.6) is 5.75 Å². The molecule has 1 amide bonds. The van der Waals surface area contributed by atoms with E-state index < -0.39 is 12.1 Å².